The van der Waals surface area contributed by atoms with Crippen LogP contribution in [0.1, 0.15) is 0 Å². The molecule has 39 heavy (non-hydrogen) atoms. The van der Waals surface area contributed by atoms with Crippen molar-refractivity contribution in [1.29, 1.82) is 0 Å². The Bertz CT molecular complexity index is 2220. The quantitative estimate of drug-likeness (QED) is 0.232. The Kier molecular flexibility index (Phi) is 4.05. The minimum absolute atomic E-state index is 1.16. The van der Waals surface area contributed by atoms with E-state index in [0.717, 1.165) is 5.69 Å². The lowest BCUT2D eigenvalue weighted by molar-refractivity contribution is 1.11. The number of aromatic nitrogens is 2. The molecule has 0 saturated heterocycles. The van der Waals surface area contributed by atoms with Gasteiger partial charge in [0, 0.05) is 32.9 Å². The highest BCUT2D eigenvalue weighted by atomic mass is 15.2. The molecule has 9 rings (SSSR count). The highest BCUT2D eigenvalue weighted by Gasteiger charge is 2.29. The molecule has 0 atom stereocenters. The summed E-state index contributed by atoms with van der Waals surface area (Å²) in [5, 5.41) is 5.10. The fourth-order valence-electron chi connectivity index (χ4n) is 6.69. The highest BCUT2D eigenvalue weighted by molar-refractivity contribution is 6.28. The van der Waals surface area contributed by atoms with Crippen molar-refractivity contribution < 1.29 is 0 Å². The smallest absolute Gasteiger partial charge is 0.0784 e. The summed E-state index contributed by atoms with van der Waals surface area (Å²) >= 11 is 0. The number of hydrogen-bond acceptors (Lipinski definition) is 1. The summed E-state index contributed by atoms with van der Waals surface area (Å²) in [4.78, 5) is 2.40. The van der Waals surface area contributed by atoms with Crippen LogP contribution in [0.4, 0.5) is 17.1 Å². The first-order chi connectivity index (χ1) is 19.4. The van der Waals surface area contributed by atoms with Crippen molar-refractivity contribution in [1.82, 2.24) is 9.13 Å². The predicted octanol–water partition coefficient (Wildman–Crippen LogP) is 9.66. The Morgan fingerprint density at radius 3 is 1.79 bits per heavy atom. The normalized spacial score (nSPS) is 12.6. The summed E-state index contributed by atoms with van der Waals surface area (Å²) in [7, 11) is 0. The number of hydrogen-bond donors (Lipinski definition) is 0. The van der Waals surface area contributed by atoms with Crippen LogP contribution in [-0.2, 0) is 0 Å². The lowest BCUT2D eigenvalue weighted by Crippen LogP contribution is -2.17. The van der Waals surface area contributed by atoms with Gasteiger partial charge in [-0.05, 0) is 54.6 Å². The van der Waals surface area contributed by atoms with E-state index in [1.807, 2.05) is 0 Å². The third kappa shape index (κ3) is 2.66. The summed E-state index contributed by atoms with van der Waals surface area (Å²) < 4.78 is 4.92. The van der Waals surface area contributed by atoms with Crippen molar-refractivity contribution in [3.63, 3.8) is 0 Å². The van der Waals surface area contributed by atoms with E-state index < -0.39 is 0 Å². The average Bonchev–Trinajstić information content (AvgIpc) is 3.52. The Labute approximate surface area is 225 Å². The maximum atomic E-state index is 2.47. The van der Waals surface area contributed by atoms with Gasteiger partial charge < -0.3 is 14.0 Å². The molecular weight excluding hydrogens is 474 g/mol. The van der Waals surface area contributed by atoms with E-state index in [0.29, 0.717) is 0 Å². The van der Waals surface area contributed by atoms with Crippen LogP contribution in [0.25, 0.3) is 55.0 Å². The van der Waals surface area contributed by atoms with Crippen LogP contribution in [0, 0.1) is 0 Å². The van der Waals surface area contributed by atoms with Gasteiger partial charge in [-0.25, -0.2) is 0 Å². The summed E-state index contributed by atoms with van der Waals surface area (Å²) in [6, 6.07) is 50.4. The standard InChI is InChI=1S/C36H23N3/c1-3-12-24(13-4-1)37-30-19-9-10-20-31(30)39-32-23-22-27-26-16-7-8-18-29(26)38(25-14-5-2-6-15-25)36(27)34(32)28-17-11-21-33(37)35(28)39/h1-23H. The number of fused-ring (bicyclic) bond motifs is 9. The van der Waals surface area contributed by atoms with Crippen molar-refractivity contribution in [3.05, 3.63) is 140 Å². The summed E-state index contributed by atoms with van der Waals surface area (Å²) in [6.07, 6.45) is 0. The minimum Gasteiger partial charge on any atom is -0.309 e. The van der Waals surface area contributed by atoms with Gasteiger partial charge in [-0.15, -0.1) is 0 Å². The van der Waals surface area contributed by atoms with Crippen LogP contribution < -0.4 is 4.90 Å². The number of rotatable bonds is 2. The van der Waals surface area contributed by atoms with Crippen LogP contribution >= 0.6 is 0 Å². The zero-order valence-electron chi connectivity index (χ0n) is 21.1. The maximum absolute atomic E-state index is 2.47. The van der Waals surface area contributed by atoms with Gasteiger partial charge in [0.05, 0.1) is 39.1 Å². The first kappa shape index (κ1) is 20.7. The van der Waals surface area contributed by atoms with Gasteiger partial charge >= 0.3 is 0 Å². The fourth-order valence-corrected chi connectivity index (χ4v) is 6.69. The lowest BCUT2D eigenvalue weighted by Gasteiger charge is -2.33. The molecule has 3 nitrogen and oxygen atoms in total. The Morgan fingerprint density at radius 2 is 0.974 bits per heavy atom. The van der Waals surface area contributed by atoms with Gasteiger partial charge in [-0.2, -0.15) is 0 Å². The van der Waals surface area contributed by atoms with E-state index in [1.165, 1.54) is 66.4 Å². The number of para-hydroxylation sites is 6. The Morgan fingerprint density at radius 1 is 0.333 bits per heavy atom. The van der Waals surface area contributed by atoms with Gasteiger partial charge in [0.15, 0.2) is 0 Å². The first-order valence-corrected chi connectivity index (χ1v) is 13.4. The third-order valence-electron chi connectivity index (χ3n) is 8.20. The second-order valence-corrected chi connectivity index (χ2v) is 10.2. The summed E-state index contributed by atoms with van der Waals surface area (Å²) in [6.45, 7) is 0. The molecule has 0 unspecified atom stereocenters. The molecule has 0 fully saturated rings. The number of benzene rings is 6. The Hall–Kier alpha value is -5.28. The number of anilines is 3. The lowest BCUT2D eigenvalue weighted by atomic mass is 10.1. The van der Waals surface area contributed by atoms with E-state index in [-0.39, 0.29) is 0 Å². The predicted molar refractivity (Wildman–Crippen MR) is 163 cm³/mol. The molecule has 0 aliphatic carbocycles. The topological polar surface area (TPSA) is 13.1 Å². The van der Waals surface area contributed by atoms with E-state index in [9.17, 15) is 0 Å². The molecule has 0 spiro atoms. The SMILES string of the molecule is c1ccc(N2c3ccccc3-n3c4ccc5c6ccccc6n(-c6ccccc6)c5c4c4cccc2c43)cc1. The summed E-state index contributed by atoms with van der Waals surface area (Å²) in [5.41, 5.74) is 10.9. The van der Waals surface area contributed by atoms with Crippen LogP contribution in [0.2, 0.25) is 0 Å². The molecule has 0 saturated carbocycles. The molecule has 0 bridgehead atoms. The molecule has 0 amide bonds. The first-order valence-electron chi connectivity index (χ1n) is 13.4. The third-order valence-corrected chi connectivity index (χ3v) is 8.20. The van der Waals surface area contributed by atoms with Crippen molar-refractivity contribution in [2.75, 3.05) is 4.90 Å². The van der Waals surface area contributed by atoms with E-state index in [2.05, 4.69) is 154 Å². The van der Waals surface area contributed by atoms with Gasteiger partial charge in [0.25, 0.3) is 0 Å². The van der Waals surface area contributed by atoms with Crippen molar-refractivity contribution in [3.8, 4) is 11.4 Å². The Balaban J connectivity index is 1.53. The zero-order chi connectivity index (χ0) is 25.5. The van der Waals surface area contributed by atoms with E-state index >= 15 is 0 Å². The van der Waals surface area contributed by atoms with Crippen LogP contribution in [0.3, 0.4) is 0 Å². The minimum atomic E-state index is 1.16. The van der Waals surface area contributed by atoms with E-state index in [4.69, 9.17) is 0 Å². The summed E-state index contributed by atoms with van der Waals surface area (Å²) in [5.74, 6) is 0. The van der Waals surface area contributed by atoms with E-state index in [1.54, 1.807) is 0 Å². The molecule has 6 aromatic carbocycles. The van der Waals surface area contributed by atoms with Crippen LogP contribution in [0.5, 0.6) is 0 Å². The molecule has 1 aliphatic rings. The second kappa shape index (κ2) is 7.62. The van der Waals surface area contributed by atoms with Gasteiger partial charge in [-0.3, -0.25) is 0 Å². The molecule has 0 N–H and O–H groups in total. The molecule has 182 valence electrons. The molecule has 3 heteroatoms. The average molecular weight is 498 g/mol. The largest absolute Gasteiger partial charge is 0.309 e. The monoisotopic (exact) mass is 497 g/mol. The number of nitrogens with zero attached hydrogens (tertiary/aromatic N) is 3. The second-order valence-electron chi connectivity index (χ2n) is 10.2. The molecule has 3 heterocycles. The van der Waals surface area contributed by atoms with Crippen molar-refractivity contribution >= 4 is 60.7 Å². The van der Waals surface area contributed by atoms with Gasteiger partial charge in [0.2, 0.25) is 0 Å². The maximum Gasteiger partial charge on any atom is 0.0784 e. The van der Waals surface area contributed by atoms with Crippen LogP contribution in [-0.4, -0.2) is 9.13 Å². The molecule has 1 aliphatic heterocycles. The molecule has 8 aromatic rings. The fraction of sp³-hybridized carbons (Fsp3) is 0. The van der Waals surface area contributed by atoms with Crippen molar-refractivity contribution in [2.45, 2.75) is 0 Å². The molecule has 2 aromatic heterocycles. The highest BCUT2D eigenvalue weighted by Crippen LogP contribution is 2.51. The van der Waals surface area contributed by atoms with Crippen LogP contribution in [0.15, 0.2) is 140 Å². The van der Waals surface area contributed by atoms with Gasteiger partial charge in [-0.1, -0.05) is 84.9 Å². The molecule has 0 radical (unpaired) electrons. The zero-order valence-corrected chi connectivity index (χ0v) is 21.1. The van der Waals surface area contributed by atoms with Gasteiger partial charge in [0.1, 0.15) is 0 Å². The molecular formula is C36H23N3. The van der Waals surface area contributed by atoms with Crippen molar-refractivity contribution in [2.24, 2.45) is 0 Å².